The smallest absolute Gasteiger partial charge is 0.290 e. The fourth-order valence-electron chi connectivity index (χ4n) is 1.07. The molecule has 0 saturated carbocycles. The minimum Gasteiger partial charge on any atom is -0.483 e. The average molecular weight is 207 g/mol. The minimum atomic E-state index is -0.536. The topological polar surface area (TPSA) is 109 Å². The number of nitrogens with zero attached hydrogens (tertiary/aromatic N) is 1. The van der Waals surface area contributed by atoms with E-state index in [-0.39, 0.29) is 12.3 Å². The summed E-state index contributed by atoms with van der Waals surface area (Å²) in [6.45, 7) is -0.250. The van der Waals surface area contributed by atoms with E-state index in [1.807, 2.05) is 24.3 Å². The van der Waals surface area contributed by atoms with Gasteiger partial charge in [0, 0.05) is 0 Å². The van der Waals surface area contributed by atoms with Gasteiger partial charge in [-0.2, -0.15) is 0 Å². The van der Waals surface area contributed by atoms with Crippen molar-refractivity contribution in [3.63, 3.8) is 0 Å². The molecule has 0 saturated heterocycles. The maximum absolute atomic E-state index is 10.7. The summed E-state index contributed by atoms with van der Waals surface area (Å²) in [5.41, 5.74) is 6.63. The second-order valence-corrected chi connectivity index (χ2v) is 2.57. The van der Waals surface area contributed by atoms with Gasteiger partial charge in [0.15, 0.2) is 5.82 Å². The SMILES string of the molecule is NC(=O)c1nc2ccccc2[nH]1.O=CO. The molecule has 2 rings (SSSR count). The van der Waals surface area contributed by atoms with Crippen LogP contribution in [0.2, 0.25) is 0 Å². The second kappa shape index (κ2) is 4.75. The average Bonchev–Trinajstić information content (AvgIpc) is 2.62. The number of carboxylic acid groups (broad SMARTS) is 1. The van der Waals surface area contributed by atoms with Crippen molar-refractivity contribution in [2.45, 2.75) is 0 Å². The molecule has 0 aliphatic carbocycles. The van der Waals surface area contributed by atoms with E-state index in [9.17, 15) is 4.79 Å². The number of aromatic amines is 1. The van der Waals surface area contributed by atoms with Crippen LogP contribution in [0.5, 0.6) is 0 Å². The maximum Gasteiger partial charge on any atom is 0.290 e. The van der Waals surface area contributed by atoms with Gasteiger partial charge in [-0.3, -0.25) is 9.59 Å². The van der Waals surface area contributed by atoms with Gasteiger partial charge in [0.05, 0.1) is 11.0 Å². The third kappa shape index (κ3) is 2.53. The molecule has 6 heteroatoms. The number of H-pyrrole nitrogens is 1. The fourth-order valence-corrected chi connectivity index (χ4v) is 1.07. The van der Waals surface area contributed by atoms with Gasteiger partial charge in [-0.1, -0.05) is 12.1 Å². The molecule has 1 heterocycles. The number of fused-ring (bicyclic) bond motifs is 1. The van der Waals surface area contributed by atoms with E-state index >= 15 is 0 Å². The molecule has 0 bridgehead atoms. The number of amides is 1. The number of carbonyl (C=O) groups excluding carboxylic acids is 1. The number of nitrogens with one attached hydrogen (secondary N) is 1. The molecule has 0 radical (unpaired) electrons. The van der Waals surface area contributed by atoms with Crippen molar-refractivity contribution < 1.29 is 14.7 Å². The van der Waals surface area contributed by atoms with Crippen molar-refractivity contribution >= 4 is 23.4 Å². The van der Waals surface area contributed by atoms with Gasteiger partial charge in [-0.15, -0.1) is 0 Å². The first-order chi connectivity index (χ1) is 7.19. The Kier molecular flexibility index (Phi) is 3.39. The van der Waals surface area contributed by atoms with E-state index in [1.54, 1.807) is 0 Å². The van der Waals surface area contributed by atoms with Crippen molar-refractivity contribution in [2.24, 2.45) is 5.73 Å². The number of benzene rings is 1. The van der Waals surface area contributed by atoms with Crippen LogP contribution in [0.1, 0.15) is 10.6 Å². The van der Waals surface area contributed by atoms with E-state index in [1.165, 1.54) is 0 Å². The summed E-state index contributed by atoms with van der Waals surface area (Å²) in [7, 11) is 0. The molecule has 0 fully saturated rings. The number of carbonyl (C=O) groups is 2. The Morgan fingerprint density at radius 2 is 2.07 bits per heavy atom. The molecule has 0 aliphatic heterocycles. The van der Waals surface area contributed by atoms with E-state index in [2.05, 4.69) is 9.97 Å². The van der Waals surface area contributed by atoms with Crippen molar-refractivity contribution in [1.82, 2.24) is 9.97 Å². The molecular weight excluding hydrogens is 198 g/mol. The molecule has 0 unspecified atom stereocenters. The zero-order valence-electron chi connectivity index (χ0n) is 7.68. The highest BCUT2D eigenvalue weighted by Crippen LogP contribution is 2.09. The quantitative estimate of drug-likeness (QED) is 0.586. The Bertz CT molecular complexity index is 445. The number of primary amides is 1. The van der Waals surface area contributed by atoms with Gasteiger partial charge in [0.25, 0.3) is 12.4 Å². The van der Waals surface area contributed by atoms with Crippen LogP contribution in [0, 0.1) is 0 Å². The lowest BCUT2D eigenvalue weighted by Gasteiger charge is -1.82. The van der Waals surface area contributed by atoms with Crippen LogP contribution in [0.3, 0.4) is 0 Å². The lowest BCUT2D eigenvalue weighted by atomic mass is 10.3. The van der Waals surface area contributed by atoms with Crippen LogP contribution in [0.4, 0.5) is 0 Å². The Labute approximate surface area is 84.7 Å². The largest absolute Gasteiger partial charge is 0.483 e. The van der Waals surface area contributed by atoms with Gasteiger partial charge in [0.1, 0.15) is 0 Å². The highest BCUT2D eigenvalue weighted by Gasteiger charge is 2.05. The van der Waals surface area contributed by atoms with Gasteiger partial charge in [-0.05, 0) is 12.1 Å². The van der Waals surface area contributed by atoms with E-state index < -0.39 is 5.91 Å². The van der Waals surface area contributed by atoms with Gasteiger partial charge in [0.2, 0.25) is 0 Å². The Balaban J connectivity index is 0.000000337. The number of hydrogen-bond acceptors (Lipinski definition) is 3. The molecule has 1 aromatic heterocycles. The molecule has 78 valence electrons. The standard InChI is InChI=1S/C8H7N3O.CH2O2/c9-7(12)8-10-5-3-1-2-4-6(5)11-8;2-1-3/h1-4H,(H2,9,12)(H,10,11);1H,(H,2,3). The van der Waals surface area contributed by atoms with Crippen LogP contribution in [0.25, 0.3) is 11.0 Å². The molecule has 2 aromatic rings. The molecule has 15 heavy (non-hydrogen) atoms. The number of rotatable bonds is 1. The number of hydrogen-bond donors (Lipinski definition) is 3. The normalized spacial score (nSPS) is 9.07. The zero-order valence-corrected chi connectivity index (χ0v) is 7.68. The van der Waals surface area contributed by atoms with Crippen molar-refractivity contribution in [2.75, 3.05) is 0 Å². The lowest BCUT2D eigenvalue weighted by molar-refractivity contribution is -0.122. The van der Waals surface area contributed by atoms with Crippen LogP contribution in [0.15, 0.2) is 24.3 Å². The summed E-state index contributed by atoms with van der Waals surface area (Å²) in [5.74, 6) is -0.331. The predicted molar refractivity (Wildman–Crippen MR) is 53.3 cm³/mol. The Morgan fingerprint density at radius 1 is 1.47 bits per heavy atom. The fraction of sp³-hybridized carbons (Fsp3) is 0. The summed E-state index contributed by atoms with van der Waals surface area (Å²) in [4.78, 5) is 25.9. The summed E-state index contributed by atoms with van der Waals surface area (Å²) in [6.07, 6.45) is 0. The maximum atomic E-state index is 10.7. The molecule has 0 spiro atoms. The molecule has 1 aromatic carbocycles. The molecular formula is C9H9N3O3. The van der Waals surface area contributed by atoms with E-state index in [0.717, 1.165) is 11.0 Å². The molecule has 4 N–H and O–H groups in total. The first-order valence-electron chi connectivity index (χ1n) is 4.01. The molecule has 1 amide bonds. The van der Waals surface area contributed by atoms with Crippen molar-refractivity contribution in [3.05, 3.63) is 30.1 Å². The third-order valence-corrected chi connectivity index (χ3v) is 1.62. The number of nitrogens with two attached hydrogens (primary N) is 1. The van der Waals surface area contributed by atoms with Crippen LogP contribution >= 0.6 is 0 Å². The second-order valence-electron chi connectivity index (χ2n) is 2.57. The predicted octanol–water partition coefficient (Wildman–Crippen LogP) is 0.363. The molecule has 6 nitrogen and oxygen atoms in total. The van der Waals surface area contributed by atoms with Crippen molar-refractivity contribution in [3.8, 4) is 0 Å². The highest BCUT2D eigenvalue weighted by atomic mass is 16.3. The Morgan fingerprint density at radius 3 is 2.60 bits per heavy atom. The van der Waals surface area contributed by atoms with Crippen LogP contribution < -0.4 is 5.73 Å². The van der Waals surface area contributed by atoms with Gasteiger partial charge < -0.3 is 15.8 Å². The van der Waals surface area contributed by atoms with Crippen molar-refractivity contribution in [1.29, 1.82) is 0 Å². The first-order valence-corrected chi connectivity index (χ1v) is 4.01. The monoisotopic (exact) mass is 207 g/mol. The van der Waals surface area contributed by atoms with Crippen LogP contribution in [-0.4, -0.2) is 27.5 Å². The third-order valence-electron chi connectivity index (χ3n) is 1.62. The number of para-hydroxylation sites is 2. The summed E-state index contributed by atoms with van der Waals surface area (Å²) in [6, 6.07) is 7.38. The summed E-state index contributed by atoms with van der Waals surface area (Å²) < 4.78 is 0. The first kappa shape index (κ1) is 10.7. The molecule has 0 atom stereocenters. The highest BCUT2D eigenvalue weighted by molar-refractivity contribution is 5.92. The van der Waals surface area contributed by atoms with Gasteiger partial charge in [-0.25, -0.2) is 4.98 Å². The number of aromatic nitrogens is 2. The minimum absolute atomic E-state index is 0.205. The molecule has 0 aliphatic rings. The van der Waals surface area contributed by atoms with Crippen LogP contribution in [-0.2, 0) is 4.79 Å². The summed E-state index contributed by atoms with van der Waals surface area (Å²) >= 11 is 0. The van der Waals surface area contributed by atoms with E-state index in [0.29, 0.717) is 0 Å². The lowest BCUT2D eigenvalue weighted by Crippen LogP contribution is -2.12. The zero-order chi connectivity index (χ0) is 11.3. The van der Waals surface area contributed by atoms with Gasteiger partial charge >= 0.3 is 0 Å². The number of imidazole rings is 1. The Hall–Kier alpha value is -2.37. The summed E-state index contributed by atoms with van der Waals surface area (Å²) in [5, 5.41) is 6.89. The van der Waals surface area contributed by atoms with E-state index in [4.69, 9.17) is 15.6 Å².